The first-order valence-electron chi connectivity index (χ1n) is 47.5. The number of nitrogens with one attached hydrogen (secondary N) is 1. The third-order valence-corrected chi connectivity index (χ3v) is 30.4. The molecule has 1 aliphatic heterocycles. The molecule has 1 aliphatic carbocycles. The Balaban J connectivity index is 0.000000418. The summed E-state index contributed by atoms with van der Waals surface area (Å²) in [7, 11) is -13.3. The maximum absolute atomic E-state index is 12.5. The zero-order chi connectivity index (χ0) is 113. The van der Waals surface area contributed by atoms with E-state index in [4.69, 9.17) is 36.0 Å². The fourth-order valence-corrected chi connectivity index (χ4v) is 19.4. The van der Waals surface area contributed by atoms with E-state index in [1.165, 1.54) is 83.0 Å². The number of hydrogen-bond acceptors (Lipinski definition) is 18. The Labute approximate surface area is 884 Å². The van der Waals surface area contributed by atoms with Crippen molar-refractivity contribution in [1.82, 2.24) is 4.72 Å². The molecule has 6 N–H and O–H groups in total. The van der Waals surface area contributed by atoms with Crippen molar-refractivity contribution < 1.29 is 122 Å². The predicted octanol–water partition coefficient (Wildman–Crippen LogP) is 26.1. The van der Waals surface area contributed by atoms with Gasteiger partial charge in [0, 0.05) is 31.6 Å². The minimum Gasteiger partial charge on any atom is -0.496 e. The number of hydrogen-bond donors (Lipinski definition) is 6. The Morgan fingerprint density at radius 2 is 0.913 bits per heavy atom. The molecule has 14 rings (SSSR count). The zero-order valence-electron chi connectivity index (χ0n) is 89.0. The van der Waals surface area contributed by atoms with Gasteiger partial charge in [-0.1, -0.05) is 233 Å². The summed E-state index contributed by atoms with van der Waals surface area (Å²) in [4.78, 5) is 0.352. The number of benzene rings is 12. The largest absolute Gasteiger partial charge is 0.496 e. The van der Waals surface area contributed by atoms with Crippen LogP contribution in [0.3, 0.4) is 0 Å². The predicted molar refractivity (Wildman–Crippen MR) is 578 cm³/mol. The Bertz CT molecular complexity index is 6560. The van der Waals surface area contributed by atoms with E-state index in [-0.39, 0.29) is 63.3 Å². The number of sulfonamides is 1. The van der Waals surface area contributed by atoms with E-state index in [2.05, 4.69) is 53.6 Å². The molecule has 19 nitrogen and oxygen atoms in total. The van der Waals surface area contributed by atoms with Crippen LogP contribution in [0, 0.1) is 102 Å². The van der Waals surface area contributed by atoms with Gasteiger partial charge in [0.25, 0.3) is 0 Å². The lowest BCUT2D eigenvalue weighted by atomic mass is 9.97. The molecule has 0 aromatic heterocycles. The second-order valence-electron chi connectivity index (χ2n) is 37.5. The summed E-state index contributed by atoms with van der Waals surface area (Å²) in [5.41, 5.74) is 14.1. The topological polar surface area (TPSA) is 304 Å². The van der Waals surface area contributed by atoms with Gasteiger partial charge in [0.2, 0.25) is 10.0 Å². The molecule has 12 aromatic rings. The first kappa shape index (κ1) is 133. The van der Waals surface area contributed by atoms with Crippen molar-refractivity contribution in [2.45, 2.75) is 255 Å². The molecule has 2 aliphatic rings. The third kappa shape index (κ3) is 50.5. The van der Waals surface area contributed by atoms with Crippen LogP contribution in [-0.4, -0.2) is 138 Å². The molecule has 0 bridgehead atoms. The number of halogens is 10. The normalized spacial score (nSPS) is 13.2. The van der Waals surface area contributed by atoms with Crippen LogP contribution >= 0.6 is 11.6 Å². The SMILES string of the molecule is COc1cc(C(C)(C)O)ccc1C.Cc1ccc(C(O)C(C)C)cc1.Cc1ccc(CC(C)(C)O)cc1.Cc1ccc(F)c(Cl)c1.Cc1ccc(OC(F)F)cc1.Cc1ccc(OCCO)cc1.Cc1ccc(S(=O)(=O)C2CC2)cc1.Cc1ccc(S(=O)(=O)C2CCOC2)cc1.Cc1ccc(S(=O)(=O)NC(C)C)cc1.Cc1ccc(S(C)(=O)=O)c(C(F)(F)F)c1.Cc1ccc(S(C)=O)c(C(F)(F)F)c1.Cc1cccc(CO)c1C. The minimum atomic E-state index is -4.65. The van der Waals surface area contributed by atoms with Crippen molar-refractivity contribution in [1.29, 1.82) is 0 Å². The van der Waals surface area contributed by atoms with Crippen LogP contribution in [0.25, 0.3) is 0 Å². The lowest BCUT2D eigenvalue weighted by Crippen LogP contribution is -2.30. The summed E-state index contributed by atoms with van der Waals surface area (Å²) in [5.74, 6) is 1.75. The van der Waals surface area contributed by atoms with Crippen LogP contribution < -0.4 is 18.9 Å². The lowest BCUT2D eigenvalue weighted by Gasteiger charge is -2.19. The summed E-state index contributed by atoms with van der Waals surface area (Å²) in [6, 6.07) is 74.6. The zero-order valence-corrected chi connectivity index (χ0v) is 93.9. The van der Waals surface area contributed by atoms with Gasteiger partial charge in [0.15, 0.2) is 29.5 Å². The second kappa shape index (κ2) is 62.4. The van der Waals surface area contributed by atoms with Gasteiger partial charge >= 0.3 is 19.0 Å². The maximum atomic E-state index is 12.5. The number of alkyl halides is 8. The van der Waals surface area contributed by atoms with Crippen LogP contribution in [0.5, 0.6) is 17.2 Å². The van der Waals surface area contributed by atoms with Gasteiger partial charge in [0.1, 0.15) is 29.7 Å². The Hall–Kier alpha value is -10.6. The van der Waals surface area contributed by atoms with E-state index in [0.29, 0.717) is 58.5 Å². The summed E-state index contributed by atoms with van der Waals surface area (Å²) in [6.07, 6.45) is -4.44. The van der Waals surface area contributed by atoms with Gasteiger partial charge in [-0.15, -0.1) is 0 Å². The first-order valence-corrected chi connectivity index (χ1v) is 55.9. The van der Waals surface area contributed by atoms with E-state index in [1.807, 2.05) is 193 Å². The number of methoxy groups -OCH3 is 1. The molecule has 3 unspecified atom stereocenters. The van der Waals surface area contributed by atoms with E-state index in [0.717, 1.165) is 98.9 Å². The molecule has 149 heavy (non-hydrogen) atoms. The summed E-state index contributed by atoms with van der Waals surface area (Å²) in [5, 5.41) is 46.0. The van der Waals surface area contributed by atoms with E-state index in [9.17, 15) is 92.7 Å². The van der Waals surface area contributed by atoms with Gasteiger partial charge in [-0.25, -0.2) is 42.8 Å². The average Bonchev–Trinajstić information content (AvgIpc) is 1.26. The van der Waals surface area contributed by atoms with Gasteiger partial charge in [-0.05, 0) is 304 Å². The molecule has 12 aromatic carbocycles. The van der Waals surface area contributed by atoms with Gasteiger partial charge in [0.05, 0.1) is 106 Å². The highest BCUT2D eigenvalue weighted by Gasteiger charge is 2.39. The second-order valence-corrected chi connectivity index (χ2v) is 47.4. The maximum Gasteiger partial charge on any atom is 0.417 e. The number of aliphatic hydroxyl groups excluding tert-OH is 3. The molecule has 0 radical (unpaired) electrons. The smallest absolute Gasteiger partial charge is 0.417 e. The number of sulfone groups is 3. The number of rotatable bonds is 21. The number of aryl methyl sites for hydroxylation is 12. The summed E-state index contributed by atoms with van der Waals surface area (Å²) >= 11 is 5.44. The molecule has 1 heterocycles. The van der Waals surface area contributed by atoms with Crippen molar-refractivity contribution in [3.05, 3.63) is 377 Å². The molecule has 0 spiro atoms. The van der Waals surface area contributed by atoms with Crippen molar-refractivity contribution in [3.63, 3.8) is 0 Å². The van der Waals surface area contributed by atoms with Gasteiger partial charge in [-0.2, -0.15) is 35.1 Å². The van der Waals surface area contributed by atoms with Crippen molar-refractivity contribution in [2.24, 2.45) is 5.92 Å². The van der Waals surface area contributed by atoms with Crippen molar-refractivity contribution in [2.75, 3.05) is 46.0 Å². The molecule has 34 heteroatoms. The Kier molecular flexibility index (Phi) is 55.5. The van der Waals surface area contributed by atoms with Crippen molar-refractivity contribution >= 4 is 61.9 Å². The highest BCUT2D eigenvalue weighted by atomic mass is 35.5. The first-order chi connectivity index (χ1) is 69.1. The molecule has 1 saturated heterocycles. The molecular formula is C115H145ClF9NO18S5. The fourth-order valence-electron chi connectivity index (χ4n) is 13.0. The summed E-state index contributed by atoms with van der Waals surface area (Å²) < 4.78 is 237. The number of ether oxygens (including phenoxy) is 4. The highest BCUT2D eigenvalue weighted by molar-refractivity contribution is 7.92. The van der Waals surface area contributed by atoms with Crippen molar-refractivity contribution in [3.8, 4) is 17.2 Å². The molecule has 0 amide bonds. The van der Waals surface area contributed by atoms with E-state index in [1.54, 1.807) is 115 Å². The molecule has 818 valence electrons. The minimum absolute atomic E-state index is 0.0634. The van der Waals surface area contributed by atoms with Gasteiger partial charge in [-0.3, -0.25) is 4.21 Å². The van der Waals surface area contributed by atoms with E-state index < -0.39 is 96.5 Å². The van der Waals surface area contributed by atoms with Gasteiger partial charge < -0.3 is 44.5 Å². The molecule has 3 atom stereocenters. The quantitative estimate of drug-likeness (QED) is 0.0364. The summed E-state index contributed by atoms with van der Waals surface area (Å²) in [6.45, 7) is 38.3. The van der Waals surface area contributed by atoms with Crippen LogP contribution in [-0.2, 0) is 86.1 Å². The Morgan fingerprint density at radius 3 is 1.29 bits per heavy atom. The molecule has 1 saturated carbocycles. The highest BCUT2D eigenvalue weighted by Crippen LogP contribution is 2.38. The van der Waals surface area contributed by atoms with Crippen LogP contribution in [0.1, 0.15) is 186 Å². The van der Waals surface area contributed by atoms with Crippen LogP contribution in [0.4, 0.5) is 39.5 Å². The molecular weight excluding hydrogens is 2050 g/mol. The lowest BCUT2D eigenvalue weighted by molar-refractivity contribution is -0.140. The number of aliphatic hydroxyl groups is 5. The monoisotopic (exact) mass is 2190 g/mol. The Morgan fingerprint density at radius 1 is 0.497 bits per heavy atom. The fraction of sp³-hybridized carbons (Fsp3) is 0.374. The van der Waals surface area contributed by atoms with E-state index >= 15 is 0 Å². The van der Waals surface area contributed by atoms with Crippen LogP contribution in [0.15, 0.2) is 285 Å². The average molecular weight is 2200 g/mol. The molecule has 2 fully saturated rings. The van der Waals surface area contributed by atoms with Crippen LogP contribution in [0.2, 0.25) is 5.02 Å². The third-order valence-electron chi connectivity index (χ3n) is 21.8. The standard InChI is InChI=1S/C11H14O3S.C11H16O2.2C11H16O.C10H15NO2S.C10H12O2S.C9H9F3O2S.C9H9F3OS.C9H12O2.C9H12O.C8H8F2O.C7H6ClF/c1-9-2-4-10(5-3-9)15(12,13)11-6-7-14-8-11;1-8-5-6-9(11(2,3)12)7-10(8)13-4;1-9-4-6-10(7-5-9)8-11(2,3)12;1-8(2)11(12)10-6-4-9(3)5-7-10;1-8(2)11-14(12,13)10-6-4-9(3)5-7-10;1-8-2-4-9(5-3-8)13(11,12)10-6-7-10;1-6-3-4-8(15(2,13)14)7(5-6)9(10,11)12;1-6-3-4-8(14(2)13)7(5-6)9(10,11)12;1-8-2-4-9(5-3-8)11-7-6-10;1-7-4-3-5-9(6-10)8(7)2;1-6-2-4-7(5-3-6)11-8(9)10;1-5-2-3-7(9)6(8)4-5/h2-5,11H,6-8H2,1H3;5-7,12H,1-4H3;4-7,12H,8H2,1-3H3;4-8,11-12H,1-3H3;4-8,11H,1-3H3;2-5,10H,6-7H2,1H3;3-5H,1-2H3;3-5H,1-2H3;2-5,10H,6-7H2,1H3;3-5,10H,6H2,1-2H3;2-5,8H,1H3;2-4H,1H3.